The number of nitrogens with zero attached hydrogens (tertiary/aromatic N) is 3. The van der Waals surface area contributed by atoms with Crippen molar-refractivity contribution >= 4 is 35.1 Å². The predicted molar refractivity (Wildman–Crippen MR) is 168 cm³/mol. The number of urea groups is 1. The summed E-state index contributed by atoms with van der Waals surface area (Å²) in [6.07, 6.45) is 2.54. The number of hydrogen-bond donors (Lipinski definition) is 1. The van der Waals surface area contributed by atoms with Gasteiger partial charge < -0.3 is 20.0 Å². The summed E-state index contributed by atoms with van der Waals surface area (Å²) in [5, 5.41) is 4.01. The van der Waals surface area contributed by atoms with Gasteiger partial charge in [0.05, 0.1) is 15.6 Å². The second kappa shape index (κ2) is 14.2. The molecule has 3 amide bonds. The van der Waals surface area contributed by atoms with Gasteiger partial charge >= 0.3 is 6.03 Å². The van der Waals surface area contributed by atoms with Crippen molar-refractivity contribution < 1.29 is 9.59 Å². The number of hydrogen-bond acceptors (Lipinski definition) is 3. The van der Waals surface area contributed by atoms with E-state index in [1.165, 1.54) is 5.56 Å². The van der Waals surface area contributed by atoms with Crippen LogP contribution in [0.15, 0.2) is 78.9 Å². The number of amides is 3. The molecule has 0 spiro atoms. The Hall–Kier alpha value is -3.06. The van der Waals surface area contributed by atoms with E-state index in [1.54, 1.807) is 4.90 Å². The van der Waals surface area contributed by atoms with E-state index in [0.29, 0.717) is 28.7 Å². The topological polar surface area (TPSA) is 55.9 Å². The standard InChI is InChI=1S/C33H40Cl2N4O2/c1-4-36-32(41)38(3)33(28-13-9-6-10-14-28)18-21-39(22-19-33)20-17-27(26-15-16-29(34)30(35)23-26)24-37(2)31(40)25-11-7-5-8-12-25/h5-16,23,27H,4,17-22,24H2,1-3H3,(H,36,41). The maximum Gasteiger partial charge on any atom is 0.317 e. The van der Waals surface area contributed by atoms with E-state index in [0.717, 1.165) is 44.5 Å². The molecular formula is C33H40Cl2N4O2. The molecule has 41 heavy (non-hydrogen) atoms. The van der Waals surface area contributed by atoms with Crippen molar-refractivity contribution in [1.82, 2.24) is 20.0 Å². The highest BCUT2D eigenvalue weighted by Crippen LogP contribution is 2.39. The molecule has 0 bridgehead atoms. The number of piperidine rings is 1. The Morgan fingerprint density at radius 2 is 1.56 bits per heavy atom. The maximum absolute atomic E-state index is 13.1. The Morgan fingerprint density at radius 1 is 0.927 bits per heavy atom. The number of carbonyl (C=O) groups is 2. The van der Waals surface area contributed by atoms with Crippen LogP contribution in [0.5, 0.6) is 0 Å². The molecule has 1 N–H and O–H groups in total. The lowest BCUT2D eigenvalue weighted by Gasteiger charge is -2.48. The molecule has 4 rings (SSSR count). The quantitative estimate of drug-likeness (QED) is 0.278. The Labute approximate surface area is 254 Å². The smallest absolute Gasteiger partial charge is 0.317 e. The summed E-state index contributed by atoms with van der Waals surface area (Å²) in [6, 6.07) is 25.5. The van der Waals surface area contributed by atoms with Gasteiger partial charge in [0.15, 0.2) is 0 Å². The van der Waals surface area contributed by atoms with Crippen LogP contribution in [0.2, 0.25) is 10.0 Å². The van der Waals surface area contributed by atoms with Crippen LogP contribution in [0.25, 0.3) is 0 Å². The van der Waals surface area contributed by atoms with Gasteiger partial charge in [-0.05, 0) is 68.1 Å². The molecule has 6 nitrogen and oxygen atoms in total. The zero-order chi connectivity index (χ0) is 29.4. The van der Waals surface area contributed by atoms with E-state index in [4.69, 9.17) is 23.2 Å². The number of likely N-dealkylation sites (N-methyl/N-ethyl adjacent to an activating group) is 1. The highest BCUT2D eigenvalue weighted by molar-refractivity contribution is 6.42. The van der Waals surface area contributed by atoms with Crippen LogP contribution >= 0.6 is 23.2 Å². The molecule has 0 saturated carbocycles. The van der Waals surface area contributed by atoms with Crippen molar-refractivity contribution in [1.29, 1.82) is 0 Å². The van der Waals surface area contributed by atoms with Crippen LogP contribution in [0.1, 0.15) is 53.6 Å². The molecule has 3 aromatic rings. The molecule has 1 saturated heterocycles. The fraction of sp³-hybridized carbons (Fsp3) is 0.394. The third kappa shape index (κ3) is 7.42. The second-order valence-corrected chi connectivity index (χ2v) is 11.7. The molecule has 1 unspecified atom stereocenters. The van der Waals surface area contributed by atoms with Gasteiger partial charge in [-0.15, -0.1) is 0 Å². The number of likely N-dealkylation sites (tertiary alicyclic amines) is 1. The van der Waals surface area contributed by atoms with E-state index >= 15 is 0 Å². The van der Waals surface area contributed by atoms with Gasteiger partial charge in [0.2, 0.25) is 0 Å². The van der Waals surface area contributed by atoms with Crippen molar-refractivity contribution in [2.45, 2.75) is 37.6 Å². The molecule has 3 aromatic carbocycles. The lowest BCUT2D eigenvalue weighted by molar-refractivity contribution is 0.0561. The van der Waals surface area contributed by atoms with Gasteiger partial charge in [-0.2, -0.15) is 0 Å². The molecule has 0 aromatic heterocycles. The molecule has 1 aliphatic rings. The first-order chi connectivity index (χ1) is 19.7. The van der Waals surface area contributed by atoms with E-state index in [1.807, 2.05) is 92.6 Å². The van der Waals surface area contributed by atoms with Gasteiger partial charge in [0.25, 0.3) is 5.91 Å². The minimum atomic E-state index is -0.359. The van der Waals surface area contributed by atoms with Crippen LogP contribution in [0, 0.1) is 0 Å². The van der Waals surface area contributed by atoms with Crippen LogP contribution in [-0.2, 0) is 5.54 Å². The lowest BCUT2D eigenvalue weighted by Crippen LogP contribution is -2.56. The molecule has 1 aliphatic heterocycles. The average Bonchev–Trinajstić information content (AvgIpc) is 3.01. The largest absolute Gasteiger partial charge is 0.341 e. The van der Waals surface area contributed by atoms with Crippen LogP contribution in [-0.4, -0.2) is 73.5 Å². The summed E-state index contributed by atoms with van der Waals surface area (Å²) in [5.74, 6) is 0.0795. The molecule has 1 heterocycles. The number of rotatable bonds is 10. The Morgan fingerprint density at radius 3 is 2.17 bits per heavy atom. The monoisotopic (exact) mass is 594 g/mol. The van der Waals surface area contributed by atoms with Crippen molar-refractivity contribution in [3.8, 4) is 0 Å². The first-order valence-electron chi connectivity index (χ1n) is 14.3. The van der Waals surface area contributed by atoms with Gasteiger partial charge in [-0.25, -0.2) is 4.79 Å². The molecule has 0 radical (unpaired) electrons. The number of benzene rings is 3. The third-order valence-corrected chi connectivity index (χ3v) is 9.08. The highest BCUT2D eigenvalue weighted by atomic mass is 35.5. The summed E-state index contributed by atoms with van der Waals surface area (Å²) in [7, 11) is 3.76. The van der Waals surface area contributed by atoms with Crippen LogP contribution in [0.4, 0.5) is 4.79 Å². The van der Waals surface area contributed by atoms with E-state index in [9.17, 15) is 9.59 Å². The van der Waals surface area contributed by atoms with Crippen molar-refractivity contribution in [3.05, 3.63) is 106 Å². The summed E-state index contributed by atoms with van der Waals surface area (Å²) in [4.78, 5) is 32.2. The SMILES string of the molecule is CCNC(=O)N(C)C1(c2ccccc2)CCN(CCC(CN(C)C(=O)c2ccccc2)c2ccc(Cl)c(Cl)c2)CC1. The first kappa shape index (κ1) is 30.9. The maximum atomic E-state index is 13.1. The molecule has 1 atom stereocenters. The fourth-order valence-electron chi connectivity index (χ4n) is 5.86. The minimum absolute atomic E-state index is 0.00493. The zero-order valence-electron chi connectivity index (χ0n) is 24.2. The minimum Gasteiger partial charge on any atom is -0.341 e. The highest BCUT2D eigenvalue weighted by Gasteiger charge is 2.41. The van der Waals surface area contributed by atoms with E-state index in [2.05, 4.69) is 22.3 Å². The van der Waals surface area contributed by atoms with Gasteiger partial charge in [-0.3, -0.25) is 4.79 Å². The Kier molecular flexibility index (Phi) is 10.7. The first-order valence-corrected chi connectivity index (χ1v) is 15.1. The number of carbonyl (C=O) groups excluding carboxylic acids is 2. The number of nitrogens with one attached hydrogen (secondary N) is 1. The molecule has 0 aliphatic carbocycles. The average molecular weight is 596 g/mol. The molecule has 218 valence electrons. The third-order valence-electron chi connectivity index (χ3n) is 8.34. The number of halogens is 2. The van der Waals surface area contributed by atoms with Crippen molar-refractivity contribution in [2.24, 2.45) is 0 Å². The van der Waals surface area contributed by atoms with Crippen molar-refractivity contribution in [3.63, 3.8) is 0 Å². The summed E-state index contributed by atoms with van der Waals surface area (Å²) >= 11 is 12.6. The van der Waals surface area contributed by atoms with Gasteiger partial charge in [0.1, 0.15) is 0 Å². The zero-order valence-corrected chi connectivity index (χ0v) is 25.7. The fourth-order valence-corrected chi connectivity index (χ4v) is 6.17. The normalized spacial score (nSPS) is 15.6. The second-order valence-electron chi connectivity index (χ2n) is 10.8. The van der Waals surface area contributed by atoms with E-state index < -0.39 is 0 Å². The Bertz CT molecular complexity index is 1300. The molecule has 1 fully saturated rings. The van der Waals surface area contributed by atoms with Gasteiger partial charge in [0, 0.05) is 51.8 Å². The van der Waals surface area contributed by atoms with E-state index in [-0.39, 0.29) is 23.4 Å². The van der Waals surface area contributed by atoms with Crippen molar-refractivity contribution in [2.75, 3.05) is 46.8 Å². The summed E-state index contributed by atoms with van der Waals surface area (Å²) < 4.78 is 0. The Balaban J connectivity index is 1.47. The van der Waals surface area contributed by atoms with Crippen LogP contribution in [0.3, 0.4) is 0 Å². The lowest BCUT2D eigenvalue weighted by atomic mass is 9.79. The van der Waals surface area contributed by atoms with Crippen LogP contribution < -0.4 is 5.32 Å². The van der Waals surface area contributed by atoms with Gasteiger partial charge in [-0.1, -0.05) is 77.8 Å². The molecule has 8 heteroatoms. The molecular weight excluding hydrogens is 555 g/mol. The predicted octanol–water partition coefficient (Wildman–Crippen LogP) is 6.89. The summed E-state index contributed by atoms with van der Waals surface area (Å²) in [5.41, 5.74) is 2.55. The summed E-state index contributed by atoms with van der Waals surface area (Å²) in [6.45, 7) is 5.70.